The molecule has 90 valence electrons. The van der Waals surface area contributed by atoms with Gasteiger partial charge < -0.3 is 4.74 Å². The zero-order chi connectivity index (χ0) is 12.3. The summed E-state index contributed by atoms with van der Waals surface area (Å²) in [6.45, 7) is 3.23. The second-order valence-corrected chi connectivity index (χ2v) is 4.42. The molecule has 1 aromatic heterocycles. The lowest BCUT2D eigenvalue weighted by atomic mass is 10.3. The number of halogens is 2. The van der Waals surface area contributed by atoms with Crippen LogP contribution in [-0.2, 0) is 13.2 Å². The molecule has 1 heterocycles. The van der Waals surface area contributed by atoms with E-state index in [1.54, 1.807) is 18.3 Å². The highest BCUT2D eigenvalue weighted by atomic mass is 79.9. The average Bonchev–Trinajstić information content (AvgIpc) is 2.79. The van der Waals surface area contributed by atoms with Crippen LogP contribution < -0.4 is 4.74 Å². The highest BCUT2D eigenvalue weighted by molar-refractivity contribution is 9.10. The van der Waals surface area contributed by atoms with Crippen molar-refractivity contribution in [2.24, 2.45) is 0 Å². The molecule has 2 aromatic rings. The van der Waals surface area contributed by atoms with Gasteiger partial charge >= 0.3 is 0 Å². The summed E-state index contributed by atoms with van der Waals surface area (Å²) >= 11 is 3.09. The van der Waals surface area contributed by atoms with Gasteiger partial charge in [-0.1, -0.05) is 0 Å². The van der Waals surface area contributed by atoms with E-state index >= 15 is 0 Å². The molecule has 0 aliphatic rings. The summed E-state index contributed by atoms with van der Waals surface area (Å²) in [5.74, 6) is 0.182. The van der Waals surface area contributed by atoms with Crippen molar-refractivity contribution in [3.63, 3.8) is 0 Å². The van der Waals surface area contributed by atoms with Crippen LogP contribution in [0.2, 0.25) is 0 Å². The third-order valence-corrected chi connectivity index (χ3v) is 2.95. The molecule has 3 nitrogen and oxygen atoms in total. The number of aryl methyl sites for hydroxylation is 1. The fourth-order valence-corrected chi connectivity index (χ4v) is 1.63. The summed E-state index contributed by atoms with van der Waals surface area (Å²) in [6, 6.07) is 4.70. The monoisotopic (exact) mass is 298 g/mol. The van der Waals surface area contributed by atoms with Crippen molar-refractivity contribution in [2.75, 3.05) is 0 Å². The minimum atomic E-state index is -0.327. The molecule has 0 aliphatic heterocycles. The average molecular weight is 299 g/mol. The van der Waals surface area contributed by atoms with Crippen molar-refractivity contribution in [1.29, 1.82) is 0 Å². The zero-order valence-electron chi connectivity index (χ0n) is 9.36. The molecule has 1 aromatic carbocycles. The SMILES string of the molecule is CCn1cc(COc2ccc(Br)c(F)c2)cn1. The number of rotatable bonds is 4. The van der Waals surface area contributed by atoms with Crippen molar-refractivity contribution < 1.29 is 9.13 Å². The quantitative estimate of drug-likeness (QED) is 0.865. The lowest BCUT2D eigenvalue weighted by Crippen LogP contribution is -1.95. The number of ether oxygens (including phenoxy) is 1. The molecule has 0 spiro atoms. The number of hydrogen-bond donors (Lipinski definition) is 0. The van der Waals surface area contributed by atoms with Gasteiger partial charge in [0.25, 0.3) is 0 Å². The molecule has 0 unspecified atom stereocenters. The van der Waals surface area contributed by atoms with Gasteiger partial charge in [0.2, 0.25) is 0 Å². The minimum Gasteiger partial charge on any atom is -0.489 e. The second-order valence-electron chi connectivity index (χ2n) is 3.57. The van der Waals surface area contributed by atoms with E-state index < -0.39 is 0 Å². The molecule has 0 atom stereocenters. The number of benzene rings is 1. The molecule has 0 saturated heterocycles. The highest BCUT2D eigenvalue weighted by Gasteiger charge is 2.03. The van der Waals surface area contributed by atoms with E-state index in [0.29, 0.717) is 16.8 Å². The summed E-state index contributed by atoms with van der Waals surface area (Å²) in [6.07, 6.45) is 3.66. The molecule has 5 heteroatoms. The normalized spacial score (nSPS) is 10.5. The Morgan fingerprint density at radius 1 is 1.47 bits per heavy atom. The third-order valence-electron chi connectivity index (χ3n) is 2.31. The predicted octanol–water partition coefficient (Wildman–Crippen LogP) is 3.38. The van der Waals surface area contributed by atoms with Crippen LogP contribution in [0.5, 0.6) is 5.75 Å². The molecule has 0 aliphatic carbocycles. The summed E-state index contributed by atoms with van der Waals surface area (Å²) in [4.78, 5) is 0. The van der Waals surface area contributed by atoms with Gasteiger partial charge in [-0.2, -0.15) is 5.10 Å². The standard InChI is InChI=1S/C12H12BrFN2O/c1-2-16-7-9(6-15-16)8-17-10-3-4-11(13)12(14)5-10/h3-7H,2,8H2,1H3. The van der Waals surface area contributed by atoms with E-state index in [2.05, 4.69) is 21.0 Å². The molecule has 2 rings (SSSR count). The minimum absolute atomic E-state index is 0.327. The third kappa shape index (κ3) is 3.06. The van der Waals surface area contributed by atoms with Crippen LogP contribution in [0.4, 0.5) is 4.39 Å². The van der Waals surface area contributed by atoms with Crippen LogP contribution in [0, 0.1) is 5.82 Å². The molecule has 0 saturated carbocycles. The Morgan fingerprint density at radius 3 is 2.94 bits per heavy atom. The molecule has 0 fully saturated rings. The largest absolute Gasteiger partial charge is 0.489 e. The summed E-state index contributed by atoms with van der Waals surface area (Å²) in [5, 5.41) is 4.13. The van der Waals surface area contributed by atoms with Crippen LogP contribution in [0.3, 0.4) is 0 Å². The predicted molar refractivity (Wildman–Crippen MR) is 66.3 cm³/mol. The van der Waals surface area contributed by atoms with Gasteiger partial charge in [0.15, 0.2) is 0 Å². The Labute approximate surface area is 107 Å². The van der Waals surface area contributed by atoms with E-state index in [1.165, 1.54) is 6.07 Å². The Hall–Kier alpha value is -1.36. The molecular formula is C12H12BrFN2O. The number of hydrogen-bond acceptors (Lipinski definition) is 2. The van der Waals surface area contributed by atoms with Gasteiger partial charge in [-0.25, -0.2) is 4.39 Å². The molecule has 0 bridgehead atoms. The summed E-state index contributed by atoms with van der Waals surface area (Å²) in [5.41, 5.74) is 0.968. The van der Waals surface area contributed by atoms with Crippen LogP contribution in [-0.4, -0.2) is 9.78 Å². The van der Waals surface area contributed by atoms with Crippen LogP contribution >= 0.6 is 15.9 Å². The molecule has 0 radical (unpaired) electrons. The van der Waals surface area contributed by atoms with Gasteiger partial charge in [0, 0.05) is 24.4 Å². The maximum atomic E-state index is 13.2. The number of nitrogens with zero attached hydrogens (tertiary/aromatic N) is 2. The van der Waals surface area contributed by atoms with Crippen molar-refractivity contribution in [1.82, 2.24) is 9.78 Å². The van der Waals surface area contributed by atoms with Crippen LogP contribution in [0.25, 0.3) is 0 Å². The van der Waals surface area contributed by atoms with E-state index in [-0.39, 0.29) is 5.82 Å². The lowest BCUT2D eigenvalue weighted by molar-refractivity contribution is 0.304. The van der Waals surface area contributed by atoms with Gasteiger partial charge in [-0.05, 0) is 35.0 Å². The summed E-state index contributed by atoms with van der Waals surface area (Å²) < 4.78 is 20.9. The topological polar surface area (TPSA) is 27.1 Å². The first-order valence-electron chi connectivity index (χ1n) is 5.28. The van der Waals surface area contributed by atoms with Gasteiger partial charge in [0.1, 0.15) is 18.2 Å². The van der Waals surface area contributed by atoms with E-state index in [4.69, 9.17) is 4.74 Å². The Bertz CT molecular complexity index is 513. The Morgan fingerprint density at radius 2 is 2.29 bits per heavy atom. The van der Waals surface area contributed by atoms with E-state index in [1.807, 2.05) is 17.8 Å². The first-order chi connectivity index (χ1) is 8.19. The van der Waals surface area contributed by atoms with Crippen LogP contribution in [0.1, 0.15) is 12.5 Å². The van der Waals surface area contributed by atoms with E-state index in [9.17, 15) is 4.39 Å². The molecule has 17 heavy (non-hydrogen) atoms. The molecular weight excluding hydrogens is 287 g/mol. The van der Waals surface area contributed by atoms with Crippen molar-refractivity contribution >= 4 is 15.9 Å². The zero-order valence-corrected chi connectivity index (χ0v) is 10.9. The summed E-state index contributed by atoms with van der Waals surface area (Å²) in [7, 11) is 0. The molecule has 0 amide bonds. The van der Waals surface area contributed by atoms with Gasteiger partial charge in [-0.15, -0.1) is 0 Å². The van der Waals surface area contributed by atoms with Gasteiger partial charge in [-0.3, -0.25) is 4.68 Å². The van der Waals surface area contributed by atoms with Gasteiger partial charge in [0.05, 0.1) is 10.7 Å². The van der Waals surface area contributed by atoms with E-state index in [0.717, 1.165) is 12.1 Å². The fraction of sp³-hybridized carbons (Fsp3) is 0.250. The Balaban J connectivity index is 1.99. The van der Waals surface area contributed by atoms with Crippen molar-refractivity contribution in [3.05, 3.63) is 46.4 Å². The van der Waals surface area contributed by atoms with Crippen molar-refractivity contribution in [3.8, 4) is 5.75 Å². The fourth-order valence-electron chi connectivity index (χ4n) is 1.39. The highest BCUT2D eigenvalue weighted by Crippen LogP contribution is 2.21. The smallest absolute Gasteiger partial charge is 0.141 e. The Kier molecular flexibility index (Phi) is 3.78. The second kappa shape index (κ2) is 5.31. The van der Waals surface area contributed by atoms with Crippen LogP contribution in [0.15, 0.2) is 35.1 Å². The maximum Gasteiger partial charge on any atom is 0.141 e. The lowest BCUT2D eigenvalue weighted by Gasteiger charge is -2.04. The first kappa shape index (κ1) is 12.1. The maximum absolute atomic E-state index is 13.2. The molecule has 0 N–H and O–H groups in total. The van der Waals surface area contributed by atoms with Crippen molar-refractivity contribution in [2.45, 2.75) is 20.1 Å². The first-order valence-corrected chi connectivity index (χ1v) is 6.07. The number of aromatic nitrogens is 2.